The fourth-order valence-corrected chi connectivity index (χ4v) is 4.45. The predicted molar refractivity (Wildman–Crippen MR) is 166 cm³/mol. The summed E-state index contributed by atoms with van der Waals surface area (Å²) < 4.78 is 0. The van der Waals surface area contributed by atoms with Gasteiger partial charge in [0.15, 0.2) is 0 Å². The number of fused-ring (bicyclic) bond motifs is 1. The molecule has 0 radical (unpaired) electrons. The van der Waals surface area contributed by atoms with Gasteiger partial charge in [0.2, 0.25) is 0 Å². The second-order valence-corrected chi connectivity index (χ2v) is 9.34. The Kier molecular flexibility index (Phi) is 12.9. The van der Waals surface area contributed by atoms with Crippen molar-refractivity contribution in [3.05, 3.63) is 107 Å². The fourth-order valence-electron chi connectivity index (χ4n) is 4.45. The Morgan fingerprint density at radius 1 is 1.08 bits per heavy atom. The number of hydrogen-bond donors (Lipinski definition) is 2. The Hall–Kier alpha value is -3.81. The van der Waals surface area contributed by atoms with Crippen LogP contribution in [0.4, 0.5) is 5.69 Å². The van der Waals surface area contributed by atoms with Gasteiger partial charge >= 0.3 is 0 Å². The smallest absolute Gasteiger partial charge is 0.101 e. The number of aryl methyl sites for hydroxylation is 2. The number of hydrogen-bond acceptors (Lipinski definition) is 3. The standard InChI is InChI=1S/C27H27N3.C7H17N/c1-5-20-10-8-9-11-23(20)13-12-21(6-2)27(22(7-3)18-28)30-25-14-15-26-24(19(25)4)16-17-29-26;1-4-6-8(3)7-5-2/h6-17,29-30H,3,5H2,1-2,4H3;4-7H2,1-3H3/b13-12+,21-6-,27-22-;. The molecule has 2 N–H and O–H groups in total. The highest BCUT2D eigenvalue weighted by Crippen LogP contribution is 2.29. The summed E-state index contributed by atoms with van der Waals surface area (Å²) in [5.74, 6) is 0. The Labute approximate surface area is 230 Å². The number of aromatic nitrogens is 1. The van der Waals surface area contributed by atoms with E-state index in [0.717, 1.165) is 39.8 Å². The molecule has 0 saturated carbocycles. The van der Waals surface area contributed by atoms with Crippen LogP contribution >= 0.6 is 0 Å². The van der Waals surface area contributed by atoms with Crippen molar-refractivity contribution in [1.82, 2.24) is 9.88 Å². The number of aromatic amines is 1. The summed E-state index contributed by atoms with van der Waals surface area (Å²) in [5, 5.41) is 14.4. The molecule has 3 rings (SSSR count). The molecule has 0 aliphatic heterocycles. The monoisotopic (exact) mass is 508 g/mol. The van der Waals surface area contributed by atoms with E-state index in [1.54, 1.807) is 6.08 Å². The SMILES string of the molecule is C=C\C(C#N)=C(Nc1ccc2[nH]ccc2c1C)/C(=C\C)/C=C/c1ccccc1CC.CCCN(C)CCC. The molecule has 3 aromatic rings. The lowest BCUT2D eigenvalue weighted by Gasteiger charge is -2.16. The van der Waals surface area contributed by atoms with Crippen LogP contribution in [-0.2, 0) is 6.42 Å². The molecule has 0 unspecified atom stereocenters. The molecule has 0 fully saturated rings. The van der Waals surface area contributed by atoms with Gasteiger partial charge in [0.25, 0.3) is 0 Å². The van der Waals surface area contributed by atoms with Gasteiger partial charge in [-0.3, -0.25) is 0 Å². The number of nitrogens with zero attached hydrogens (tertiary/aromatic N) is 2. The Morgan fingerprint density at radius 3 is 2.39 bits per heavy atom. The average molecular weight is 509 g/mol. The Morgan fingerprint density at radius 2 is 1.79 bits per heavy atom. The molecule has 2 aromatic carbocycles. The molecule has 200 valence electrons. The normalized spacial score (nSPS) is 12.2. The summed E-state index contributed by atoms with van der Waals surface area (Å²) in [6.07, 6.45) is 13.2. The van der Waals surface area contributed by atoms with Crippen LogP contribution in [-0.4, -0.2) is 30.0 Å². The highest BCUT2D eigenvalue weighted by atomic mass is 15.1. The summed E-state index contributed by atoms with van der Waals surface area (Å²) in [6, 6.07) is 16.8. The first-order chi connectivity index (χ1) is 18.4. The maximum absolute atomic E-state index is 9.72. The average Bonchev–Trinajstić information content (AvgIpc) is 3.41. The minimum Gasteiger partial charge on any atom is -0.361 e. The summed E-state index contributed by atoms with van der Waals surface area (Å²) in [4.78, 5) is 5.60. The van der Waals surface area contributed by atoms with Crippen molar-refractivity contribution in [3.63, 3.8) is 0 Å². The van der Waals surface area contributed by atoms with Crippen molar-refractivity contribution in [1.29, 1.82) is 5.26 Å². The number of nitriles is 1. The molecule has 0 amide bonds. The highest BCUT2D eigenvalue weighted by molar-refractivity contribution is 5.88. The number of anilines is 1. The molecule has 1 aromatic heterocycles. The van der Waals surface area contributed by atoms with Crippen molar-refractivity contribution in [2.75, 3.05) is 25.5 Å². The van der Waals surface area contributed by atoms with E-state index in [-0.39, 0.29) is 0 Å². The van der Waals surface area contributed by atoms with Crippen molar-refractivity contribution in [2.24, 2.45) is 0 Å². The second kappa shape index (κ2) is 16.1. The first-order valence-corrected chi connectivity index (χ1v) is 13.7. The number of nitrogens with one attached hydrogen (secondary N) is 2. The molecular weight excluding hydrogens is 464 g/mol. The first-order valence-electron chi connectivity index (χ1n) is 13.7. The van der Waals surface area contributed by atoms with Crippen LogP contribution in [0.1, 0.15) is 57.2 Å². The van der Waals surface area contributed by atoms with E-state index in [1.165, 1.54) is 37.1 Å². The highest BCUT2D eigenvalue weighted by Gasteiger charge is 2.12. The minimum atomic E-state index is 0.505. The number of allylic oxidation sites excluding steroid dienone is 4. The molecule has 0 bridgehead atoms. The maximum Gasteiger partial charge on any atom is 0.101 e. The predicted octanol–water partition coefficient (Wildman–Crippen LogP) is 8.81. The maximum atomic E-state index is 9.72. The van der Waals surface area contributed by atoms with E-state index >= 15 is 0 Å². The Bertz CT molecular complexity index is 1310. The molecule has 1 heterocycles. The summed E-state index contributed by atoms with van der Waals surface area (Å²) in [7, 11) is 2.17. The molecule has 0 aliphatic carbocycles. The van der Waals surface area contributed by atoms with Gasteiger partial charge in [-0.15, -0.1) is 0 Å². The topological polar surface area (TPSA) is 54.9 Å². The van der Waals surface area contributed by atoms with E-state index in [1.807, 2.05) is 37.4 Å². The zero-order valence-corrected chi connectivity index (χ0v) is 24.1. The lowest BCUT2D eigenvalue weighted by atomic mass is 10.0. The summed E-state index contributed by atoms with van der Waals surface area (Å²) >= 11 is 0. The van der Waals surface area contributed by atoms with Crippen LogP contribution in [0.15, 0.2) is 90.3 Å². The molecule has 0 spiro atoms. The van der Waals surface area contributed by atoms with Gasteiger partial charge in [0, 0.05) is 22.8 Å². The van der Waals surface area contributed by atoms with Gasteiger partial charge in [-0.1, -0.05) is 69.8 Å². The molecule has 4 heteroatoms. The summed E-state index contributed by atoms with van der Waals surface area (Å²) in [5.41, 5.74) is 7.85. The van der Waals surface area contributed by atoms with Crippen LogP contribution in [0, 0.1) is 18.3 Å². The molecular formula is C34H44N4. The van der Waals surface area contributed by atoms with Gasteiger partial charge in [0.1, 0.15) is 6.07 Å². The first kappa shape index (κ1) is 30.4. The van der Waals surface area contributed by atoms with Gasteiger partial charge in [-0.05, 0) is 99.8 Å². The molecule has 38 heavy (non-hydrogen) atoms. The molecule has 0 aliphatic rings. The van der Waals surface area contributed by atoms with Crippen molar-refractivity contribution < 1.29 is 0 Å². The van der Waals surface area contributed by atoms with Crippen molar-refractivity contribution in [2.45, 2.75) is 53.9 Å². The summed E-state index contributed by atoms with van der Waals surface area (Å²) in [6.45, 7) is 17.0. The molecule has 4 nitrogen and oxygen atoms in total. The van der Waals surface area contributed by atoms with Crippen molar-refractivity contribution >= 4 is 22.7 Å². The van der Waals surface area contributed by atoms with Crippen LogP contribution in [0.25, 0.3) is 17.0 Å². The fraction of sp³-hybridized carbons (Fsp3) is 0.324. The van der Waals surface area contributed by atoms with Gasteiger partial charge in [-0.25, -0.2) is 0 Å². The third-order valence-electron chi connectivity index (χ3n) is 6.55. The number of H-pyrrole nitrogens is 1. The molecule has 0 saturated heterocycles. The van der Waals surface area contributed by atoms with E-state index in [4.69, 9.17) is 0 Å². The largest absolute Gasteiger partial charge is 0.361 e. The van der Waals surface area contributed by atoms with Crippen LogP contribution in [0.2, 0.25) is 0 Å². The number of benzene rings is 2. The lowest BCUT2D eigenvalue weighted by Crippen LogP contribution is -2.19. The molecule has 0 atom stereocenters. The second-order valence-electron chi connectivity index (χ2n) is 9.34. The minimum absolute atomic E-state index is 0.505. The number of rotatable bonds is 11. The zero-order chi connectivity index (χ0) is 27.9. The van der Waals surface area contributed by atoms with E-state index in [9.17, 15) is 5.26 Å². The van der Waals surface area contributed by atoms with Gasteiger partial charge in [0.05, 0.1) is 11.3 Å². The van der Waals surface area contributed by atoms with Gasteiger partial charge < -0.3 is 15.2 Å². The van der Waals surface area contributed by atoms with E-state index < -0.39 is 0 Å². The zero-order valence-electron chi connectivity index (χ0n) is 24.1. The Balaban J connectivity index is 0.000000550. The third kappa shape index (κ3) is 8.36. The quantitative estimate of drug-likeness (QED) is 0.201. The van der Waals surface area contributed by atoms with Crippen molar-refractivity contribution in [3.8, 4) is 6.07 Å². The van der Waals surface area contributed by atoms with Gasteiger partial charge in [-0.2, -0.15) is 5.26 Å². The van der Waals surface area contributed by atoms with E-state index in [0.29, 0.717) is 5.57 Å². The van der Waals surface area contributed by atoms with Crippen LogP contribution < -0.4 is 5.32 Å². The van der Waals surface area contributed by atoms with Crippen LogP contribution in [0.5, 0.6) is 0 Å². The third-order valence-corrected chi connectivity index (χ3v) is 6.55. The van der Waals surface area contributed by atoms with Crippen LogP contribution in [0.3, 0.4) is 0 Å². The lowest BCUT2D eigenvalue weighted by molar-refractivity contribution is 0.335. The van der Waals surface area contributed by atoms with E-state index in [2.05, 4.69) is 99.0 Å².